The molecule has 1 N–H and O–H groups in total. The van der Waals surface area contributed by atoms with Gasteiger partial charge in [-0.1, -0.05) is 13.0 Å². The largest absolute Gasteiger partial charge is 0.466 e. The van der Waals surface area contributed by atoms with Gasteiger partial charge in [-0.2, -0.15) is 0 Å². The van der Waals surface area contributed by atoms with Crippen LogP contribution in [0.2, 0.25) is 0 Å². The third kappa shape index (κ3) is 2.99. The SMILES string of the molecule is CCNC(Cc1cccnc1)c1cc(C)oc1C. The van der Waals surface area contributed by atoms with Crippen molar-refractivity contribution in [3.8, 4) is 0 Å². The number of nitrogens with one attached hydrogen (secondary N) is 1. The molecule has 0 bridgehead atoms. The van der Waals surface area contributed by atoms with Crippen molar-refractivity contribution < 1.29 is 4.42 Å². The fourth-order valence-corrected chi connectivity index (χ4v) is 2.29. The van der Waals surface area contributed by atoms with E-state index in [4.69, 9.17) is 4.42 Å². The number of aromatic nitrogens is 1. The predicted octanol–water partition coefficient (Wildman–Crippen LogP) is 3.18. The molecule has 3 nitrogen and oxygen atoms in total. The average Bonchev–Trinajstić information content (AvgIpc) is 2.69. The van der Waals surface area contributed by atoms with Crippen LogP contribution in [0, 0.1) is 13.8 Å². The van der Waals surface area contributed by atoms with Crippen molar-refractivity contribution in [1.29, 1.82) is 0 Å². The first-order valence-corrected chi connectivity index (χ1v) is 6.40. The molecule has 0 fully saturated rings. The van der Waals surface area contributed by atoms with Crippen LogP contribution < -0.4 is 5.32 Å². The van der Waals surface area contributed by atoms with Gasteiger partial charge >= 0.3 is 0 Å². The number of hydrogen-bond donors (Lipinski definition) is 1. The molecule has 0 amide bonds. The van der Waals surface area contributed by atoms with Crippen LogP contribution in [0.25, 0.3) is 0 Å². The third-order valence-electron chi connectivity index (χ3n) is 3.07. The minimum Gasteiger partial charge on any atom is -0.466 e. The summed E-state index contributed by atoms with van der Waals surface area (Å²) in [7, 11) is 0. The summed E-state index contributed by atoms with van der Waals surface area (Å²) in [6.45, 7) is 7.08. The summed E-state index contributed by atoms with van der Waals surface area (Å²) in [6, 6.07) is 6.50. The lowest BCUT2D eigenvalue weighted by atomic mass is 10.00. The Bertz CT molecular complexity index is 490. The molecule has 1 unspecified atom stereocenters. The van der Waals surface area contributed by atoms with Gasteiger partial charge < -0.3 is 9.73 Å². The summed E-state index contributed by atoms with van der Waals surface area (Å²) >= 11 is 0. The van der Waals surface area contributed by atoms with E-state index in [1.54, 1.807) is 6.20 Å². The van der Waals surface area contributed by atoms with Gasteiger partial charge in [0.25, 0.3) is 0 Å². The Morgan fingerprint density at radius 1 is 1.39 bits per heavy atom. The second-order valence-electron chi connectivity index (χ2n) is 4.54. The number of rotatable bonds is 5. The normalized spacial score (nSPS) is 12.6. The molecule has 2 heterocycles. The van der Waals surface area contributed by atoms with E-state index >= 15 is 0 Å². The lowest BCUT2D eigenvalue weighted by molar-refractivity contribution is 0.484. The van der Waals surface area contributed by atoms with Gasteiger partial charge in [-0.25, -0.2) is 0 Å². The number of aryl methyl sites for hydroxylation is 2. The highest BCUT2D eigenvalue weighted by Gasteiger charge is 2.16. The molecule has 0 saturated carbocycles. The van der Waals surface area contributed by atoms with Crippen LogP contribution >= 0.6 is 0 Å². The molecule has 0 aliphatic heterocycles. The van der Waals surface area contributed by atoms with Crippen LogP contribution in [0.3, 0.4) is 0 Å². The molecule has 0 spiro atoms. The highest BCUT2D eigenvalue weighted by Crippen LogP contribution is 2.24. The maximum Gasteiger partial charge on any atom is 0.105 e. The van der Waals surface area contributed by atoms with E-state index in [1.807, 2.05) is 26.1 Å². The molecular weight excluding hydrogens is 224 g/mol. The summed E-state index contributed by atoms with van der Waals surface area (Å²) in [5.41, 5.74) is 2.49. The Morgan fingerprint density at radius 2 is 2.22 bits per heavy atom. The molecule has 18 heavy (non-hydrogen) atoms. The molecule has 0 aliphatic carbocycles. The van der Waals surface area contributed by atoms with E-state index in [9.17, 15) is 0 Å². The molecule has 3 heteroatoms. The van der Waals surface area contributed by atoms with E-state index in [0.29, 0.717) is 0 Å². The molecule has 2 rings (SSSR count). The summed E-state index contributed by atoms with van der Waals surface area (Å²) in [6.07, 6.45) is 4.66. The van der Waals surface area contributed by atoms with Crippen LogP contribution in [-0.2, 0) is 6.42 Å². The van der Waals surface area contributed by atoms with Crippen LogP contribution in [0.4, 0.5) is 0 Å². The third-order valence-corrected chi connectivity index (χ3v) is 3.07. The van der Waals surface area contributed by atoms with Crippen molar-refractivity contribution in [2.45, 2.75) is 33.2 Å². The van der Waals surface area contributed by atoms with Gasteiger partial charge in [0, 0.05) is 24.0 Å². The molecule has 96 valence electrons. The Kier molecular flexibility index (Phi) is 4.15. The molecule has 2 aromatic rings. The Balaban J connectivity index is 2.21. The number of furan rings is 1. The van der Waals surface area contributed by atoms with Gasteiger partial charge in [0.05, 0.1) is 0 Å². The summed E-state index contributed by atoms with van der Waals surface area (Å²) in [4.78, 5) is 4.17. The van der Waals surface area contributed by atoms with Crippen LogP contribution in [0.5, 0.6) is 0 Å². The standard InChI is InChI=1S/C15H20N2O/c1-4-17-15(9-13-6-5-7-16-10-13)14-8-11(2)18-12(14)3/h5-8,10,15,17H,4,9H2,1-3H3. The Hall–Kier alpha value is -1.61. The van der Waals surface area contributed by atoms with Gasteiger partial charge in [0.15, 0.2) is 0 Å². The van der Waals surface area contributed by atoms with Crippen molar-refractivity contribution in [1.82, 2.24) is 10.3 Å². The second kappa shape index (κ2) is 5.83. The van der Waals surface area contributed by atoms with Crippen molar-refractivity contribution in [2.75, 3.05) is 6.54 Å². The first kappa shape index (κ1) is 12.8. The molecule has 2 aromatic heterocycles. The maximum absolute atomic E-state index is 5.62. The van der Waals surface area contributed by atoms with Gasteiger partial charge in [-0.15, -0.1) is 0 Å². The van der Waals surface area contributed by atoms with Crippen molar-refractivity contribution in [3.05, 3.63) is 53.2 Å². The fourth-order valence-electron chi connectivity index (χ4n) is 2.29. The minimum absolute atomic E-state index is 0.289. The maximum atomic E-state index is 5.62. The zero-order valence-corrected chi connectivity index (χ0v) is 11.2. The summed E-state index contributed by atoms with van der Waals surface area (Å²) in [5.74, 6) is 1.97. The lowest BCUT2D eigenvalue weighted by Crippen LogP contribution is -2.23. The van der Waals surface area contributed by atoms with Gasteiger partial charge in [-0.3, -0.25) is 4.98 Å². The predicted molar refractivity (Wildman–Crippen MR) is 72.5 cm³/mol. The van der Waals surface area contributed by atoms with Crippen molar-refractivity contribution in [2.24, 2.45) is 0 Å². The van der Waals surface area contributed by atoms with Crippen LogP contribution in [0.15, 0.2) is 35.0 Å². The highest BCUT2D eigenvalue weighted by molar-refractivity contribution is 5.26. The molecule has 0 radical (unpaired) electrons. The summed E-state index contributed by atoms with van der Waals surface area (Å²) in [5, 5.41) is 3.51. The van der Waals surface area contributed by atoms with Gasteiger partial charge in [0.2, 0.25) is 0 Å². The van der Waals surface area contributed by atoms with E-state index in [0.717, 1.165) is 24.5 Å². The molecular formula is C15H20N2O. The number of hydrogen-bond acceptors (Lipinski definition) is 3. The number of pyridine rings is 1. The van der Waals surface area contributed by atoms with E-state index in [-0.39, 0.29) is 6.04 Å². The smallest absolute Gasteiger partial charge is 0.105 e. The van der Waals surface area contributed by atoms with E-state index in [1.165, 1.54) is 11.1 Å². The van der Waals surface area contributed by atoms with Crippen molar-refractivity contribution >= 4 is 0 Å². The molecule has 0 aliphatic rings. The average molecular weight is 244 g/mol. The molecule has 0 saturated heterocycles. The lowest BCUT2D eigenvalue weighted by Gasteiger charge is -2.17. The zero-order chi connectivity index (χ0) is 13.0. The fraction of sp³-hybridized carbons (Fsp3) is 0.400. The Labute approximate surface area is 108 Å². The number of nitrogens with zero attached hydrogens (tertiary/aromatic N) is 1. The highest BCUT2D eigenvalue weighted by atomic mass is 16.3. The quantitative estimate of drug-likeness (QED) is 0.877. The van der Waals surface area contributed by atoms with Gasteiger partial charge in [-0.05, 0) is 44.5 Å². The van der Waals surface area contributed by atoms with E-state index < -0.39 is 0 Å². The second-order valence-corrected chi connectivity index (χ2v) is 4.54. The van der Waals surface area contributed by atoms with Crippen LogP contribution in [0.1, 0.15) is 35.6 Å². The zero-order valence-electron chi connectivity index (χ0n) is 11.2. The van der Waals surface area contributed by atoms with E-state index in [2.05, 4.69) is 29.4 Å². The van der Waals surface area contributed by atoms with Crippen molar-refractivity contribution in [3.63, 3.8) is 0 Å². The van der Waals surface area contributed by atoms with Gasteiger partial charge in [0.1, 0.15) is 11.5 Å². The summed E-state index contributed by atoms with van der Waals surface area (Å²) < 4.78 is 5.62. The minimum atomic E-state index is 0.289. The Morgan fingerprint density at radius 3 is 2.78 bits per heavy atom. The molecule has 1 atom stereocenters. The number of likely N-dealkylation sites (N-methyl/N-ethyl adjacent to an activating group) is 1. The molecule has 0 aromatic carbocycles. The van der Waals surface area contributed by atoms with Crippen LogP contribution in [-0.4, -0.2) is 11.5 Å². The first-order valence-electron chi connectivity index (χ1n) is 6.40. The topological polar surface area (TPSA) is 38.1 Å². The first-order chi connectivity index (χ1) is 8.70. The monoisotopic (exact) mass is 244 g/mol.